The highest BCUT2D eigenvalue weighted by molar-refractivity contribution is 5.22. The number of pyridine rings is 1. The quantitative estimate of drug-likeness (QED) is 0.801. The monoisotopic (exact) mass is 206 g/mol. The molecule has 2 heterocycles. The van der Waals surface area contributed by atoms with E-state index in [0.717, 1.165) is 19.0 Å². The SMILES string of the molecule is COc1ccc([C@@H]2CNC[C@H](C)C2)cn1. The number of nitrogens with one attached hydrogen (secondary N) is 1. The molecule has 0 aliphatic carbocycles. The summed E-state index contributed by atoms with van der Waals surface area (Å²) in [5, 5.41) is 3.45. The Morgan fingerprint density at radius 3 is 2.87 bits per heavy atom. The van der Waals surface area contributed by atoms with E-state index in [2.05, 4.69) is 23.3 Å². The minimum Gasteiger partial charge on any atom is -0.481 e. The molecule has 0 saturated carbocycles. The third-order valence-electron chi connectivity index (χ3n) is 3.01. The number of aromatic nitrogens is 1. The molecule has 82 valence electrons. The molecule has 3 heteroatoms. The minimum absolute atomic E-state index is 0.604. The zero-order valence-electron chi connectivity index (χ0n) is 9.36. The molecule has 3 nitrogen and oxygen atoms in total. The summed E-state index contributed by atoms with van der Waals surface area (Å²) in [5.74, 6) is 2.05. The first-order valence-electron chi connectivity index (χ1n) is 5.50. The number of methoxy groups -OCH3 is 1. The molecule has 0 unspecified atom stereocenters. The van der Waals surface area contributed by atoms with Gasteiger partial charge in [-0.25, -0.2) is 4.98 Å². The lowest BCUT2D eigenvalue weighted by Crippen LogP contribution is -2.33. The topological polar surface area (TPSA) is 34.1 Å². The summed E-state index contributed by atoms with van der Waals surface area (Å²) in [6.45, 7) is 4.49. The van der Waals surface area contributed by atoms with Gasteiger partial charge < -0.3 is 10.1 Å². The molecule has 2 atom stereocenters. The Hall–Kier alpha value is -1.09. The van der Waals surface area contributed by atoms with Gasteiger partial charge in [-0.1, -0.05) is 13.0 Å². The van der Waals surface area contributed by atoms with Crippen molar-refractivity contribution in [1.29, 1.82) is 0 Å². The van der Waals surface area contributed by atoms with Gasteiger partial charge in [-0.3, -0.25) is 0 Å². The summed E-state index contributed by atoms with van der Waals surface area (Å²) < 4.78 is 5.05. The molecule has 1 aliphatic rings. The molecule has 1 aromatic heterocycles. The molecule has 0 bridgehead atoms. The Kier molecular flexibility index (Phi) is 3.21. The van der Waals surface area contributed by atoms with E-state index in [4.69, 9.17) is 4.74 Å². The molecule has 1 aliphatic heterocycles. The van der Waals surface area contributed by atoms with Gasteiger partial charge in [0.25, 0.3) is 0 Å². The summed E-state index contributed by atoms with van der Waals surface area (Å²) in [6, 6.07) is 4.06. The van der Waals surface area contributed by atoms with Crippen LogP contribution in [0.1, 0.15) is 24.8 Å². The van der Waals surface area contributed by atoms with Gasteiger partial charge in [0.1, 0.15) is 0 Å². The Labute approximate surface area is 90.9 Å². The third kappa shape index (κ3) is 2.48. The van der Waals surface area contributed by atoms with E-state index in [1.54, 1.807) is 7.11 Å². The van der Waals surface area contributed by atoms with Crippen molar-refractivity contribution in [3.05, 3.63) is 23.9 Å². The van der Waals surface area contributed by atoms with Crippen LogP contribution in [0.25, 0.3) is 0 Å². The van der Waals surface area contributed by atoms with Crippen LogP contribution in [0.3, 0.4) is 0 Å². The largest absolute Gasteiger partial charge is 0.481 e. The van der Waals surface area contributed by atoms with Gasteiger partial charge in [0.2, 0.25) is 5.88 Å². The zero-order chi connectivity index (χ0) is 10.7. The Bertz CT molecular complexity index is 310. The van der Waals surface area contributed by atoms with Crippen molar-refractivity contribution in [2.24, 2.45) is 5.92 Å². The maximum Gasteiger partial charge on any atom is 0.212 e. The number of nitrogens with zero attached hydrogens (tertiary/aromatic N) is 1. The molecular formula is C12H18N2O. The van der Waals surface area contributed by atoms with Crippen molar-refractivity contribution >= 4 is 0 Å². The first-order chi connectivity index (χ1) is 7.29. The number of hydrogen-bond acceptors (Lipinski definition) is 3. The Balaban J connectivity index is 2.07. The van der Waals surface area contributed by atoms with Gasteiger partial charge in [-0.2, -0.15) is 0 Å². The second-order valence-electron chi connectivity index (χ2n) is 4.33. The lowest BCUT2D eigenvalue weighted by atomic mass is 9.87. The van der Waals surface area contributed by atoms with Gasteiger partial charge in [0.05, 0.1) is 7.11 Å². The minimum atomic E-state index is 0.604. The molecule has 15 heavy (non-hydrogen) atoms. The van der Waals surface area contributed by atoms with Crippen LogP contribution in [-0.4, -0.2) is 25.2 Å². The van der Waals surface area contributed by atoms with Crippen LogP contribution in [-0.2, 0) is 0 Å². The number of ether oxygens (including phenoxy) is 1. The standard InChI is InChI=1S/C12H18N2O/c1-9-5-11(7-13-6-9)10-3-4-12(15-2)14-8-10/h3-4,8-9,11,13H,5-7H2,1-2H3/t9-,11+/m1/s1. The van der Waals surface area contributed by atoms with Crippen LogP contribution >= 0.6 is 0 Å². The predicted molar refractivity (Wildman–Crippen MR) is 60.2 cm³/mol. The molecule has 0 amide bonds. The fourth-order valence-electron chi connectivity index (χ4n) is 2.16. The van der Waals surface area contributed by atoms with Crippen molar-refractivity contribution in [2.75, 3.05) is 20.2 Å². The highest BCUT2D eigenvalue weighted by Gasteiger charge is 2.20. The van der Waals surface area contributed by atoms with Gasteiger partial charge in [-0.15, -0.1) is 0 Å². The third-order valence-corrected chi connectivity index (χ3v) is 3.01. The maximum atomic E-state index is 5.05. The molecule has 0 spiro atoms. The highest BCUT2D eigenvalue weighted by Crippen LogP contribution is 2.26. The molecule has 1 fully saturated rings. The molecule has 1 N–H and O–H groups in total. The average Bonchev–Trinajstić information content (AvgIpc) is 2.29. The molecule has 1 aromatic rings. The van der Waals surface area contributed by atoms with E-state index in [0.29, 0.717) is 11.8 Å². The van der Waals surface area contributed by atoms with Gasteiger partial charge in [-0.05, 0) is 30.4 Å². The van der Waals surface area contributed by atoms with Crippen LogP contribution in [0.2, 0.25) is 0 Å². The normalized spacial score (nSPS) is 26.3. The van der Waals surface area contributed by atoms with Crippen LogP contribution in [0.15, 0.2) is 18.3 Å². The summed E-state index contributed by atoms with van der Waals surface area (Å²) in [7, 11) is 1.65. The Morgan fingerprint density at radius 2 is 2.27 bits per heavy atom. The zero-order valence-corrected chi connectivity index (χ0v) is 9.36. The number of hydrogen-bond donors (Lipinski definition) is 1. The summed E-state index contributed by atoms with van der Waals surface area (Å²) in [6.07, 6.45) is 3.18. The predicted octanol–water partition coefficient (Wildman–Crippen LogP) is 1.80. The summed E-state index contributed by atoms with van der Waals surface area (Å²) >= 11 is 0. The van der Waals surface area contributed by atoms with Gasteiger partial charge >= 0.3 is 0 Å². The molecule has 1 saturated heterocycles. The van der Waals surface area contributed by atoms with Crippen molar-refractivity contribution in [3.8, 4) is 5.88 Å². The van der Waals surface area contributed by atoms with Crippen molar-refractivity contribution in [2.45, 2.75) is 19.3 Å². The second kappa shape index (κ2) is 4.62. The molecule has 2 rings (SSSR count). The average molecular weight is 206 g/mol. The molecule has 0 radical (unpaired) electrons. The molecule has 0 aromatic carbocycles. The van der Waals surface area contributed by atoms with E-state index in [9.17, 15) is 0 Å². The summed E-state index contributed by atoms with van der Waals surface area (Å²) in [4.78, 5) is 4.25. The van der Waals surface area contributed by atoms with Crippen LogP contribution in [0.5, 0.6) is 5.88 Å². The second-order valence-corrected chi connectivity index (χ2v) is 4.33. The smallest absolute Gasteiger partial charge is 0.212 e. The van der Waals surface area contributed by atoms with E-state index < -0.39 is 0 Å². The van der Waals surface area contributed by atoms with Crippen molar-refractivity contribution in [3.63, 3.8) is 0 Å². The molecular weight excluding hydrogens is 188 g/mol. The van der Waals surface area contributed by atoms with E-state index in [1.165, 1.54) is 12.0 Å². The number of piperidine rings is 1. The van der Waals surface area contributed by atoms with Crippen molar-refractivity contribution in [1.82, 2.24) is 10.3 Å². The van der Waals surface area contributed by atoms with Gasteiger partial charge in [0.15, 0.2) is 0 Å². The lowest BCUT2D eigenvalue weighted by Gasteiger charge is -2.27. The van der Waals surface area contributed by atoms with Crippen LogP contribution in [0.4, 0.5) is 0 Å². The number of rotatable bonds is 2. The first-order valence-corrected chi connectivity index (χ1v) is 5.50. The van der Waals surface area contributed by atoms with E-state index in [-0.39, 0.29) is 0 Å². The van der Waals surface area contributed by atoms with Crippen LogP contribution in [0, 0.1) is 5.92 Å². The van der Waals surface area contributed by atoms with E-state index in [1.807, 2.05) is 12.3 Å². The fourth-order valence-corrected chi connectivity index (χ4v) is 2.16. The highest BCUT2D eigenvalue weighted by atomic mass is 16.5. The van der Waals surface area contributed by atoms with E-state index >= 15 is 0 Å². The fraction of sp³-hybridized carbons (Fsp3) is 0.583. The lowest BCUT2D eigenvalue weighted by molar-refractivity contribution is 0.362. The maximum absolute atomic E-state index is 5.05. The summed E-state index contributed by atoms with van der Waals surface area (Å²) in [5.41, 5.74) is 1.31. The van der Waals surface area contributed by atoms with Crippen molar-refractivity contribution < 1.29 is 4.74 Å². The Morgan fingerprint density at radius 1 is 1.40 bits per heavy atom. The first kappa shape index (κ1) is 10.4. The van der Waals surface area contributed by atoms with Gasteiger partial charge in [0, 0.05) is 18.8 Å². The van der Waals surface area contributed by atoms with Crippen LogP contribution < -0.4 is 10.1 Å².